The maximum Gasteiger partial charge on any atom is 0.118 e. The van der Waals surface area contributed by atoms with Gasteiger partial charge in [0.2, 0.25) is 0 Å². The molecule has 0 heterocycles. The van der Waals surface area contributed by atoms with Crippen molar-refractivity contribution in [2.24, 2.45) is 0 Å². The van der Waals surface area contributed by atoms with E-state index in [1.165, 1.54) is 0 Å². The zero-order chi connectivity index (χ0) is 23.0. The van der Waals surface area contributed by atoms with E-state index in [0.29, 0.717) is 39.6 Å². The Balaban J connectivity index is 1.47. The Morgan fingerprint density at radius 1 is 0.562 bits per heavy atom. The third-order valence-electron chi connectivity index (χ3n) is 4.67. The van der Waals surface area contributed by atoms with Gasteiger partial charge in [-0.25, -0.2) is 0 Å². The first-order valence-electron chi connectivity index (χ1n) is 10.6. The highest BCUT2D eigenvalue weighted by Gasteiger charge is 1.99. The molecule has 0 aromatic heterocycles. The van der Waals surface area contributed by atoms with Crippen LogP contribution in [0.5, 0.6) is 11.5 Å². The highest BCUT2D eigenvalue weighted by atomic mass is 16.6. The van der Waals surface area contributed by atoms with E-state index in [1.807, 2.05) is 62.4 Å². The third kappa shape index (κ3) is 9.45. The van der Waals surface area contributed by atoms with Gasteiger partial charge in [0.05, 0.1) is 53.2 Å². The standard InChI is InChI=1S/C26H34O6/c1-21(23-5-9-25(27-3)10-6-23)19-31-17-15-29-13-14-30-16-18-32-20-22(2)24-7-11-26(28-4)12-8-24/h5-12,19-20H,13-18H2,1-4H3. The normalized spacial score (nSPS) is 11.9. The molecule has 0 spiro atoms. The van der Waals surface area contributed by atoms with Gasteiger partial charge in [-0.1, -0.05) is 24.3 Å². The fourth-order valence-electron chi connectivity index (χ4n) is 2.75. The predicted molar refractivity (Wildman–Crippen MR) is 127 cm³/mol. The minimum atomic E-state index is 0.492. The van der Waals surface area contributed by atoms with Crippen LogP contribution in [-0.2, 0) is 18.9 Å². The average Bonchev–Trinajstić information content (AvgIpc) is 2.84. The lowest BCUT2D eigenvalue weighted by Crippen LogP contribution is -2.10. The quantitative estimate of drug-likeness (QED) is 0.279. The molecular formula is C26H34O6. The number of hydrogen-bond acceptors (Lipinski definition) is 6. The Morgan fingerprint density at radius 2 is 0.906 bits per heavy atom. The second-order valence-electron chi connectivity index (χ2n) is 7.03. The molecule has 0 bridgehead atoms. The molecule has 0 aliphatic rings. The summed E-state index contributed by atoms with van der Waals surface area (Å²) in [6, 6.07) is 15.7. The van der Waals surface area contributed by atoms with E-state index >= 15 is 0 Å². The third-order valence-corrected chi connectivity index (χ3v) is 4.67. The van der Waals surface area contributed by atoms with Crippen molar-refractivity contribution in [2.75, 3.05) is 53.9 Å². The van der Waals surface area contributed by atoms with Crippen molar-refractivity contribution in [3.05, 3.63) is 72.2 Å². The van der Waals surface area contributed by atoms with Crippen molar-refractivity contribution in [3.63, 3.8) is 0 Å². The van der Waals surface area contributed by atoms with Gasteiger partial charge in [0.15, 0.2) is 0 Å². The highest BCUT2D eigenvalue weighted by molar-refractivity contribution is 5.63. The molecule has 32 heavy (non-hydrogen) atoms. The summed E-state index contributed by atoms with van der Waals surface area (Å²) in [5.74, 6) is 1.68. The van der Waals surface area contributed by atoms with Crippen molar-refractivity contribution < 1.29 is 28.4 Å². The lowest BCUT2D eigenvalue weighted by molar-refractivity contribution is 0.0187. The van der Waals surface area contributed by atoms with Crippen molar-refractivity contribution in [2.45, 2.75) is 13.8 Å². The number of rotatable bonds is 15. The van der Waals surface area contributed by atoms with Crippen molar-refractivity contribution in [1.29, 1.82) is 0 Å². The van der Waals surface area contributed by atoms with E-state index < -0.39 is 0 Å². The number of ether oxygens (including phenoxy) is 6. The van der Waals surface area contributed by atoms with Crippen LogP contribution in [0.25, 0.3) is 11.1 Å². The largest absolute Gasteiger partial charge is 0.498 e. The van der Waals surface area contributed by atoms with Crippen LogP contribution in [-0.4, -0.2) is 53.9 Å². The molecule has 0 fully saturated rings. The first-order valence-corrected chi connectivity index (χ1v) is 10.6. The van der Waals surface area contributed by atoms with Crippen LogP contribution in [0.15, 0.2) is 61.1 Å². The van der Waals surface area contributed by atoms with Crippen LogP contribution in [0.4, 0.5) is 0 Å². The van der Waals surface area contributed by atoms with Crippen LogP contribution in [0, 0.1) is 0 Å². The molecule has 2 aromatic rings. The van der Waals surface area contributed by atoms with E-state index in [9.17, 15) is 0 Å². The molecule has 6 nitrogen and oxygen atoms in total. The van der Waals surface area contributed by atoms with Gasteiger partial charge in [-0.2, -0.15) is 0 Å². The van der Waals surface area contributed by atoms with Gasteiger partial charge in [-0.15, -0.1) is 0 Å². The van der Waals surface area contributed by atoms with Crippen LogP contribution < -0.4 is 9.47 Å². The highest BCUT2D eigenvalue weighted by Crippen LogP contribution is 2.19. The molecule has 0 atom stereocenters. The Hall–Kier alpha value is -2.96. The second-order valence-corrected chi connectivity index (χ2v) is 7.03. The molecule has 0 saturated carbocycles. The van der Waals surface area contributed by atoms with E-state index in [4.69, 9.17) is 28.4 Å². The second kappa shape index (κ2) is 14.9. The molecule has 0 N–H and O–H groups in total. The smallest absolute Gasteiger partial charge is 0.118 e. The molecule has 0 amide bonds. The molecule has 0 aliphatic carbocycles. The van der Waals surface area contributed by atoms with Gasteiger partial charge in [0, 0.05) is 0 Å². The summed E-state index contributed by atoms with van der Waals surface area (Å²) >= 11 is 0. The first kappa shape index (κ1) is 25.3. The maximum absolute atomic E-state index is 5.55. The van der Waals surface area contributed by atoms with Crippen LogP contribution in [0.3, 0.4) is 0 Å². The lowest BCUT2D eigenvalue weighted by atomic mass is 10.1. The van der Waals surface area contributed by atoms with Gasteiger partial charge in [-0.3, -0.25) is 0 Å². The zero-order valence-corrected chi connectivity index (χ0v) is 19.5. The molecule has 0 aliphatic heterocycles. The Labute approximate surface area is 191 Å². The summed E-state index contributed by atoms with van der Waals surface area (Å²) in [6.45, 7) is 7.05. The number of hydrogen-bond donors (Lipinski definition) is 0. The van der Waals surface area contributed by atoms with Crippen LogP contribution >= 0.6 is 0 Å². The fourth-order valence-corrected chi connectivity index (χ4v) is 2.75. The lowest BCUT2D eigenvalue weighted by Gasteiger charge is -2.08. The summed E-state index contributed by atoms with van der Waals surface area (Å²) in [5, 5.41) is 0. The molecule has 0 unspecified atom stereocenters. The maximum atomic E-state index is 5.55. The number of benzene rings is 2. The van der Waals surface area contributed by atoms with Crippen LogP contribution in [0.1, 0.15) is 25.0 Å². The van der Waals surface area contributed by atoms with Crippen molar-refractivity contribution in [1.82, 2.24) is 0 Å². The fraction of sp³-hybridized carbons (Fsp3) is 0.385. The SMILES string of the molecule is COc1ccc(C(C)=COCCOCCOCCOC=C(C)c2ccc(OC)cc2)cc1. The van der Waals surface area contributed by atoms with Crippen molar-refractivity contribution in [3.8, 4) is 11.5 Å². The summed E-state index contributed by atoms with van der Waals surface area (Å²) in [6.07, 6.45) is 3.50. The van der Waals surface area contributed by atoms with Gasteiger partial charge in [0.1, 0.15) is 24.7 Å². The number of allylic oxidation sites excluding steroid dienone is 2. The number of methoxy groups -OCH3 is 2. The van der Waals surface area contributed by atoms with Gasteiger partial charge in [0.25, 0.3) is 0 Å². The monoisotopic (exact) mass is 442 g/mol. The summed E-state index contributed by atoms with van der Waals surface area (Å²) in [7, 11) is 3.31. The minimum Gasteiger partial charge on any atom is -0.498 e. The molecule has 6 heteroatoms. The predicted octanol–water partition coefficient (Wildman–Crippen LogP) is 5.19. The summed E-state index contributed by atoms with van der Waals surface area (Å²) in [5.41, 5.74) is 4.28. The van der Waals surface area contributed by atoms with Crippen molar-refractivity contribution >= 4 is 11.1 Å². The molecule has 0 radical (unpaired) electrons. The summed E-state index contributed by atoms with van der Waals surface area (Å²) < 4.78 is 32.4. The zero-order valence-electron chi connectivity index (χ0n) is 19.5. The van der Waals surface area contributed by atoms with E-state index in [2.05, 4.69) is 0 Å². The Bertz CT molecular complexity index is 753. The van der Waals surface area contributed by atoms with Crippen LogP contribution in [0.2, 0.25) is 0 Å². The topological polar surface area (TPSA) is 55.4 Å². The van der Waals surface area contributed by atoms with Gasteiger partial charge in [-0.05, 0) is 60.4 Å². The first-order chi connectivity index (χ1) is 15.6. The van der Waals surface area contributed by atoms with Gasteiger partial charge < -0.3 is 28.4 Å². The summed E-state index contributed by atoms with van der Waals surface area (Å²) in [4.78, 5) is 0. The molecular weight excluding hydrogens is 408 g/mol. The average molecular weight is 443 g/mol. The molecule has 0 saturated heterocycles. The molecule has 174 valence electrons. The van der Waals surface area contributed by atoms with E-state index in [-0.39, 0.29) is 0 Å². The Kier molecular flexibility index (Phi) is 11.8. The van der Waals surface area contributed by atoms with E-state index in [0.717, 1.165) is 33.8 Å². The Morgan fingerprint density at radius 3 is 1.25 bits per heavy atom. The molecule has 2 rings (SSSR count). The van der Waals surface area contributed by atoms with Gasteiger partial charge >= 0.3 is 0 Å². The minimum absolute atomic E-state index is 0.492. The molecule has 2 aromatic carbocycles. The van der Waals surface area contributed by atoms with E-state index in [1.54, 1.807) is 26.7 Å².